The number of halogens is 3. The molecule has 2 aromatic rings. The lowest BCUT2D eigenvalue weighted by atomic mass is 10.5. The van der Waals surface area contributed by atoms with Crippen LogP contribution in [0.25, 0.3) is 5.13 Å². The van der Waals surface area contributed by atoms with Crippen LogP contribution in [0.2, 0.25) is 0 Å². The van der Waals surface area contributed by atoms with Crippen molar-refractivity contribution >= 4 is 17.5 Å². The van der Waals surface area contributed by atoms with Crippen molar-refractivity contribution < 1.29 is 23.1 Å². The SMILES string of the molecule is O=C(O)c1ccn(-c2nc(C(F)(F)F)ns2)n1. The summed E-state index contributed by atoms with van der Waals surface area (Å²) in [7, 11) is 0. The van der Waals surface area contributed by atoms with E-state index in [1.165, 1.54) is 6.20 Å². The Hall–Kier alpha value is -1.97. The number of alkyl halides is 3. The maximum absolute atomic E-state index is 12.2. The summed E-state index contributed by atoms with van der Waals surface area (Å²) in [5, 5.41) is 12.0. The van der Waals surface area contributed by atoms with Gasteiger partial charge in [-0.25, -0.2) is 9.48 Å². The highest BCUT2D eigenvalue weighted by Gasteiger charge is 2.36. The van der Waals surface area contributed by atoms with Crippen molar-refractivity contribution in [3.8, 4) is 5.13 Å². The zero-order valence-corrected chi connectivity index (χ0v) is 8.66. The molecule has 0 saturated carbocycles. The number of carboxylic acid groups (broad SMARTS) is 1. The lowest BCUT2D eigenvalue weighted by Crippen LogP contribution is -2.08. The first-order valence-corrected chi connectivity index (χ1v) is 4.85. The second-order valence-electron chi connectivity index (χ2n) is 2.85. The Labute approximate surface area is 95.5 Å². The fraction of sp³-hybridized carbons (Fsp3) is 0.143. The highest BCUT2D eigenvalue weighted by molar-refractivity contribution is 7.08. The molecule has 2 rings (SSSR count). The number of hydrogen-bond acceptors (Lipinski definition) is 5. The highest BCUT2D eigenvalue weighted by atomic mass is 32.1. The first kappa shape index (κ1) is 11.5. The van der Waals surface area contributed by atoms with Crippen LogP contribution in [0.5, 0.6) is 0 Å². The average Bonchev–Trinajstić information content (AvgIpc) is 2.85. The Morgan fingerprint density at radius 2 is 2.18 bits per heavy atom. The van der Waals surface area contributed by atoms with Gasteiger partial charge >= 0.3 is 12.1 Å². The number of aromatic nitrogens is 4. The zero-order chi connectivity index (χ0) is 12.6. The summed E-state index contributed by atoms with van der Waals surface area (Å²) in [6, 6.07) is 1.15. The average molecular weight is 264 g/mol. The van der Waals surface area contributed by atoms with Gasteiger partial charge in [0.2, 0.25) is 11.0 Å². The molecular formula is C7H3F3N4O2S. The Morgan fingerprint density at radius 1 is 1.47 bits per heavy atom. The van der Waals surface area contributed by atoms with Gasteiger partial charge < -0.3 is 5.11 Å². The van der Waals surface area contributed by atoms with Crippen molar-refractivity contribution in [2.24, 2.45) is 0 Å². The summed E-state index contributed by atoms with van der Waals surface area (Å²) in [5.41, 5.74) is -0.284. The third kappa shape index (κ3) is 2.25. The van der Waals surface area contributed by atoms with Gasteiger partial charge in [0.1, 0.15) is 0 Å². The van der Waals surface area contributed by atoms with E-state index in [9.17, 15) is 18.0 Å². The van der Waals surface area contributed by atoms with Crippen LogP contribution in [0, 0.1) is 0 Å². The van der Waals surface area contributed by atoms with Gasteiger partial charge in [-0.3, -0.25) is 0 Å². The minimum atomic E-state index is -4.63. The minimum Gasteiger partial charge on any atom is -0.476 e. The summed E-state index contributed by atoms with van der Waals surface area (Å²) >= 11 is 0.481. The fourth-order valence-corrected chi connectivity index (χ4v) is 1.59. The van der Waals surface area contributed by atoms with Crippen molar-refractivity contribution in [1.29, 1.82) is 0 Å². The Morgan fingerprint density at radius 3 is 2.65 bits per heavy atom. The summed E-state index contributed by atoms with van der Waals surface area (Å²) in [6.45, 7) is 0. The Kier molecular flexibility index (Phi) is 2.58. The van der Waals surface area contributed by atoms with Crippen molar-refractivity contribution in [2.45, 2.75) is 6.18 Å². The third-order valence-electron chi connectivity index (χ3n) is 1.67. The maximum atomic E-state index is 12.2. The number of aromatic carboxylic acids is 1. The van der Waals surface area contributed by atoms with Crippen LogP contribution in [0.15, 0.2) is 12.3 Å². The molecule has 0 radical (unpaired) electrons. The number of carboxylic acids is 1. The van der Waals surface area contributed by atoms with E-state index in [2.05, 4.69) is 14.5 Å². The van der Waals surface area contributed by atoms with E-state index in [1.54, 1.807) is 0 Å². The first-order valence-electron chi connectivity index (χ1n) is 4.08. The van der Waals surface area contributed by atoms with E-state index in [0.29, 0.717) is 11.5 Å². The molecule has 0 amide bonds. The predicted molar refractivity (Wildman–Crippen MR) is 49.0 cm³/mol. The van der Waals surface area contributed by atoms with E-state index in [0.717, 1.165) is 10.7 Å². The van der Waals surface area contributed by atoms with Gasteiger partial charge in [0, 0.05) is 17.7 Å². The molecular weight excluding hydrogens is 261 g/mol. The molecule has 2 heterocycles. The molecule has 0 aliphatic heterocycles. The lowest BCUT2D eigenvalue weighted by molar-refractivity contribution is -0.144. The summed E-state index contributed by atoms with van der Waals surface area (Å²) in [6.07, 6.45) is -3.43. The number of nitrogens with zero attached hydrogens (tertiary/aromatic N) is 4. The van der Waals surface area contributed by atoms with Crippen LogP contribution in [0.3, 0.4) is 0 Å². The zero-order valence-electron chi connectivity index (χ0n) is 7.84. The summed E-state index contributed by atoms with van der Waals surface area (Å²) < 4.78 is 40.7. The number of rotatable bonds is 2. The molecule has 0 atom stereocenters. The summed E-state index contributed by atoms with van der Waals surface area (Å²) in [4.78, 5) is 13.7. The van der Waals surface area contributed by atoms with Crippen molar-refractivity contribution in [3.63, 3.8) is 0 Å². The maximum Gasteiger partial charge on any atom is 0.452 e. The Bertz CT molecular complexity index is 561. The standard InChI is InChI=1S/C7H3F3N4O2S/c8-7(9,10)5-11-6(17-13-5)14-2-1-3(12-14)4(15)16/h1-2H,(H,15,16). The van der Waals surface area contributed by atoms with Gasteiger partial charge in [-0.15, -0.1) is 0 Å². The minimum absolute atomic E-state index is 0.148. The van der Waals surface area contributed by atoms with Gasteiger partial charge in [0.05, 0.1) is 0 Å². The molecule has 0 saturated heterocycles. The first-order chi connectivity index (χ1) is 7.88. The molecule has 0 aliphatic rings. The molecule has 2 aromatic heterocycles. The van der Waals surface area contributed by atoms with Crippen LogP contribution >= 0.6 is 11.5 Å². The largest absolute Gasteiger partial charge is 0.476 e. The van der Waals surface area contributed by atoms with E-state index in [4.69, 9.17) is 5.11 Å². The molecule has 17 heavy (non-hydrogen) atoms. The predicted octanol–water partition coefficient (Wildman–Crippen LogP) is 1.44. The smallest absolute Gasteiger partial charge is 0.452 e. The molecule has 0 aromatic carbocycles. The van der Waals surface area contributed by atoms with Crippen LogP contribution in [0.4, 0.5) is 13.2 Å². The van der Waals surface area contributed by atoms with Crippen molar-refractivity contribution in [1.82, 2.24) is 19.1 Å². The van der Waals surface area contributed by atoms with E-state index in [1.807, 2.05) is 0 Å². The molecule has 90 valence electrons. The van der Waals surface area contributed by atoms with Crippen LogP contribution < -0.4 is 0 Å². The number of hydrogen-bond donors (Lipinski definition) is 1. The van der Waals surface area contributed by atoms with E-state index in [-0.39, 0.29) is 10.8 Å². The van der Waals surface area contributed by atoms with Crippen LogP contribution in [0.1, 0.15) is 16.3 Å². The van der Waals surface area contributed by atoms with Crippen molar-refractivity contribution in [2.75, 3.05) is 0 Å². The molecule has 0 aliphatic carbocycles. The van der Waals surface area contributed by atoms with E-state index >= 15 is 0 Å². The molecule has 0 bridgehead atoms. The topological polar surface area (TPSA) is 80.9 Å². The second kappa shape index (κ2) is 3.80. The van der Waals surface area contributed by atoms with Gasteiger partial charge in [-0.2, -0.15) is 27.6 Å². The molecule has 1 N–H and O–H groups in total. The Balaban J connectivity index is 2.34. The molecule has 10 heteroatoms. The fourth-order valence-electron chi connectivity index (χ4n) is 0.968. The monoisotopic (exact) mass is 264 g/mol. The summed E-state index contributed by atoms with van der Waals surface area (Å²) in [5.74, 6) is -2.55. The number of carbonyl (C=O) groups is 1. The molecule has 0 fully saturated rings. The van der Waals surface area contributed by atoms with Gasteiger partial charge in [0.25, 0.3) is 0 Å². The van der Waals surface area contributed by atoms with Crippen LogP contribution in [-0.2, 0) is 6.18 Å². The second-order valence-corrected chi connectivity index (χ2v) is 3.58. The van der Waals surface area contributed by atoms with E-state index < -0.39 is 18.0 Å². The molecule has 6 nitrogen and oxygen atoms in total. The molecule has 0 unspecified atom stereocenters. The quantitative estimate of drug-likeness (QED) is 0.887. The lowest BCUT2D eigenvalue weighted by Gasteiger charge is -1.97. The third-order valence-corrected chi connectivity index (χ3v) is 2.38. The normalized spacial score (nSPS) is 11.7. The molecule has 0 spiro atoms. The van der Waals surface area contributed by atoms with Crippen LogP contribution in [-0.4, -0.2) is 30.2 Å². The van der Waals surface area contributed by atoms with Crippen molar-refractivity contribution in [3.05, 3.63) is 23.8 Å². The highest BCUT2D eigenvalue weighted by Crippen LogP contribution is 2.28. The van der Waals surface area contributed by atoms with Gasteiger partial charge in [-0.05, 0) is 6.07 Å². The van der Waals surface area contributed by atoms with Gasteiger partial charge in [0.15, 0.2) is 5.69 Å². The van der Waals surface area contributed by atoms with Gasteiger partial charge in [-0.1, -0.05) is 0 Å².